The van der Waals surface area contributed by atoms with Gasteiger partial charge in [0.15, 0.2) is 0 Å². The Labute approximate surface area is 124 Å². The Morgan fingerprint density at radius 1 is 1.24 bits per heavy atom. The van der Waals surface area contributed by atoms with E-state index in [1.165, 1.54) is 12.3 Å². The van der Waals surface area contributed by atoms with Crippen LogP contribution in [0.25, 0.3) is 11.1 Å². The molecule has 0 spiro atoms. The van der Waals surface area contributed by atoms with E-state index in [0.717, 1.165) is 0 Å². The van der Waals surface area contributed by atoms with Crippen molar-refractivity contribution < 1.29 is 13.5 Å². The van der Waals surface area contributed by atoms with Crippen LogP contribution in [0.2, 0.25) is 5.02 Å². The Balaban J connectivity index is 2.20. The van der Waals surface area contributed by atoms with Crippen LogP contribution in [-0.2, 0) is 17.8 Å². The van der Waals surface area contributed by atoms with Crippen molar-refractivity contribution in [3.8, 4) is 11.1 Å². The molecule has 0 saturated heterocycles. The molecular formula is C15H12ClF2NO2. The Morgan fingerprint density at radius 3 is 2.76 bits per heavy atom. The van der Waals surface area contributed by atoms with Gasteiger partial charge in [-0.15, -0.1) is 0 Å². The van der Waals surface area contributed by atoms with E-state index in [1.807, 2.05) is 0 Å². The first-order chi connectivity index (χ1) is 10.0. The lowest BCUT2D eigenvalue weighted by Gasteiger charge is -2.23. The Kier molecular flexibility index (Phi) is 3.78. The fourth-order valence-electron chi connectivity index (χ4n) is 2.48. The molecule has 0 radical (unpaired) electrons. The normalized spacial score (nSPS) is 17.8. The van der Waals surface area contributed by atoms with Gasteiger partial charge in [-0.1, -0.05) is 17.7 Å². The van der Waals surface area contributed by atoms with E-state index in [0.29, 0.717) is 27.3 Å². The van der Waals surface area contributed by atoms with Crippen molar-refractivity contribution in [1.82, 2.24) is 4.98 Å². The number of hydrogen-bond donors (Lipinski definition) is 1. The summed E-state index contributed by atoms with van der Waals surface area (Å²) in [7, 11) is 0. The summed E-state index contributed by atoms with van der Waals surface area (Å²) in [5.74, 6) is 0. The van der Waals surface area contributed by atoms with Crippen LogP contribution in [-0.4, -0.2) is 17.5 Å². The third-order valence-corrected chi connectivity index (χ3v) is 3.76. The molecule has 3 nitrogen and oxygen atoms in total. The van der Waals surface area contributed by atoms with E-state index >= 15 is 0 Å². The lowest BCUT2D eigenvalue weighted by molar-refractivity contribution is -0.0629. The van der Waals surface area contributed by atoms with E-state index in [1.54, 1.807) is 18.2 Å². The maximum atomic E-state index is 13.0. The molecule has 0 amide bonds. The number of alkyl halides is 2. The highest BCUT2D eigenvalue weighted by Gasteiger charge is 2.26. The number of aromatic amines is 1. The van der Waals surface area contributed by atoms with E-state index in [4.69, 9.17) is 16.3 Å². The zero-order valence-corrected chi connectivity index (χ0v) is 11.7. The number of hydrogen-bond acceptors (Lipinski definition) is 2. The van der Waals surface area contributed by atoms with E-state index in [2.05, 4.69) is 4.98 Å². The maximum absolute atomic E-state index is 13.0. The number of benzene rings is 1. The number of fused-ring (bicyclic) bond motifs is 3. The van der Waals surface area contributed by atoms with Crippen molar-refractivity contribution in [1.29, 1.82) is 0 Å². The molecule has 3 rings (SSSR count). The zero-order chi connectivity index (χ0) is 15.0. The first kappa shape index (κ1) is 14.2. The van der Waals surface area contributed by atoms with E-state index in [9.17, 15) is 13.6 Å². The molecule has 1 aromatic heterocycles. The van der Waals surface area contributed by atoms with Crippen molar-refractivity contribution in [3.05, 3.63) is 57.0 Å². The summed E-state index contributed by atoms with van der Waals surface area (Å²) in [6.07, 6.45) is -2.17. The SMILES string of the molecule is O=c1cc2c(c[nH]1)COC(C(F)F)Cc1ccc(Cl)cc1-2. The molecule has 1 aliphatic heterocycles. The first-order valence-corrected chi connectivity index (χ1v) is 6.82. The van der Waals surface area contributed by atoms with Gasteiger partial charge in [0, 0.05) is 29.3 Å². The molecule has 2 aromatic rings. The number of nitrogens with one attached hydrogen (secondary N) is 1. The molecule has 1 unspecified atom stereocenters. The highest BCUT2D eigenvalue weighted by Crippen LogP contribution is 2.33. The minimum atomic E-state index is -2.57. The van der Waals surface area contributed by atoms with Crippen LogP contribution in [0.15, 0.2) is 35.3 Å². The molecule has 2 heterocycles. The van der Waals surface area contributed by atoms with Gasteiger partial charge in [0.25, 0.3) is 6.43 Å². The number of rotatable bonds is 1. The summed E-state index contributed by atoms with van der Waals surface area (Å²) >= 11 is 6.01. The monoisotopic (exact) mass is 311 g/mol. The van der Waals surface area contributed by atoms with Gasteiger partial charge >= 0.3 is 0 Å². The largest absolute Gasteiger partial charge is 0.367 e. The zero-order valence-electron chi connectivity index (χ0n) is 10.9. The van der Waals surface area contributed by atoms with Gasteiger partial charge in [-0.25, -0.2) is 8.78 Å². The fraction of sp³-hybridized carbons (Fsp3) is 0.267. The van der Waals surface area contributed by atoms with Crippen molar-refractivity contribution in [2.45, 2.75) is 25.6 Å². The van der Waals surface area contributed by atoms with Gasteiger partial charge in [-0.3, -0.25) is 4.79 Å². The fourth-order valence-corrected chi connectivity index (χ4v) is 2.66. The van der Waals surface area contributed by atoms with Gasteiger partial charge in [0.05, 0.1) is 6.61 Å². The minimum Gasteiger partial charge on any atom is -0.367 e. The van der Waals surface area contributed by atoms with E-state index < -0.39 is 12.5 Å². The van der Waals surface area contributed by atoms with Crippen LogP contribution in [0.5, 0.6) is 0 Å². The van der Waals surface area contributed by atoms with Crippen LogP contribution in [0.1, 0.15) is 11.1 Å². The molecule has 0 aliphatic carbocycles. The molecule has 0 saturated carbocycles. The van der Waals surface area contributed by atoms with Crippen LogP contribution in [0, 0.1) is 0 Å². The maximum Gasteiger partial charge on any atom is 0.264 e. The minimum absolute atomic E-state index is 0.0209. The third-order valence-electron chi connectivity index (χ3n) is 3.53. The topological polar surface area (TPSA) is 42.1 Å². The Hall–Kier alpha value is -1.72. The average Bonchev–Trinajstić information content (AvgIpc) is 2.43. The van der Waals surface area contributed by atoms with Gasteiger partial charge in [-0.05, 0) is 28.8 Å². The highest BCUT2D eigenvalue weighted by molar-refractivity contribution is 6.30. The average molecular weight is 312 g/mol. The second-order valence-corrected chi connectivity index (χ2v) is 5.36. The molecule has 0 bridgehead atoms. The molecule has 6 heteroatoms. The highest BCUT2D eigenvalue weighted by atomic mass is 35.5. The lowest BCUT2D eigenvalue weighted by Crippen LogP contribution is -2.26. The van der Waals surface area contributed by atoms with Gasteiger partial charge in [0.2, 0.25) is 5.56 Å². The van der Waals surface area contributed by atoms with E-state index in [-0.39, 0.29) is 18.6 Å². The van der Waals surface area contributed by atoms with Gasteiger partial charge < -0.3 is 9.72 Å². The summed E-state index contributed by atoms with van der Waals surface area (Å²) in [5, 5.41) is 0.495. The van der Waals surface area contributed by atoms with Crippen LogP contribution in [0.4, 0.5) is 8.78 Å². The summed E-state index contributed by atoms with van der Waals surface area (Å²) in [6, 6.07) is 6.49. The lowest BCUT2D eigenvalue weighted by atomic mass is 9.92. The van der Waals surface area contributed by atoms with Crippen LogP contribution in [0.3, 0.4) is 0 Å². The Bertz CT molecular complexity index is 730. The molecule has 21 heavy (non-hydrogen) atoms. The molecule has 1 N–H and O–H groups in total. The molecule has 110 valence electrons. The van der Waals surface area contributed by atoms with Gasteiger partial charge in [-0.2, -0.15) is 0 Å². The summed E-state index contributed by atoms with van der Waals surface area (Å²) < 4.78 is 31.4. The van der Waals surface area contributed by atoms with Crippen molar-refractivity contribution in [3.63, 3.8) is 0 Å². The molecule has 1 atom stereocenters. The molecule has 0 fully saturated rings. The number of aromatic nitrogens is 1. The summed E-state index contributed by atoms with van der Waals surface area (Å²) in [5.41, 5.74) is 2.46. The van der Waals surface area contributed by atoms with Crippen LogP contribution < -0.4 is 5.56 Å². The Morgan fingerprint density at radius 2 is 2.00 bits per heavy atom. The third kappa shape index (κ3) is 2.84. The van der Waals surface area contributed by atoms with Crippen molar-refractivity contribution >= 4 is 11.6 Å². The summed E-state index contributed by atoms with van der Waals surface area (Å²) in [6.45, 7) is 0.0209. The standard InChI is InChI=1S/C15H12ClF2NO2/c16-10-2-1-8-3-13(15(17)18)21-7-9-6-19-14(20)5-12(9)11(8)4-10/h1-2,4-6,13,15H,3,7H2,(H,19,20). The van der Waals surface area contributed by atoms with Gasteiger partial charge in [0.1, 0.15) is 6.10 Å². The second-order valence-electron chi connectivity index (χ2n) is 4.93. The predicted octanol–water partition coefficient (Wildman–Crippen LogP) is 3.40. The molecule has 1 aliphatic rings. The quantitative estimate of drug-likeness (QED) is 0.877. The summed E-state index contributed by atoms with van der Waals surface area (Å²) in [4.78, 5) is 14.1. The second kappa shape index (κ2) is 5.58. The number of pyridine rings is 1. The van der Waals surface area contributed by atoms with Crippen molar-refractivity contribution in [2.24, 2.45) is 0 Å². The van der Waals surface area contributed by atoms with Crippen molar-refractivity contribution in [2.75, 3.05) is 0 Å². The number of H-pyrrole nitrogens is 1. The molecule has 1 aromatic carbocycles. The number of halogens is 3. The molecular weight excluding hydrogens is 300 g/mol. The van der Waals surface area contributed by atoms with Crippen LogP contribution >= 0.6 is 11.6 Å². The predicted molar refractivity (Wildman–Crippen MR) is 75.8 cm³/mol. The number of ether oxygens (including phenoxy) is 1. The first-order valence-electron chi connectivity index (χ1n) is 6.45. The smallest absolute Gasteiger partial charge is 0.264 e.